The van der Waals surface area contributed by atoms with E-state index in [1.807, 2.05) is 0 Å². The fourth-order valence-corrected chi connectivity index (χ4v) is 1.31. The lowest BCUT2D eigenvalue weighted by molar-refractivity contribution is 0.0820. The van der Waals surface area contributed by atoms with E-state index in [-0.39, 0.29) is 5.91 Å². The van der Waals surface area contributed by atoms with Crippen LogP contribution in [0.3, 0.4) is 0 Å². The lowest BCUT2D eigenvalue weighted by Gasteiger charge is -2.15. The predicted molar refractivity (Wildman–Crippen MR) is 66.2 cm³/mol. The SMILES string of the molecule is COCCOc1cc(N)ccc1C(=O)N(C)C. The van der Waals surface area contributed by atoms with Crippen molar-refractivity contribution in [1.82, 2.24) is 4.90 Å². The fraction of sp³-hybridized carbons (Fsp3) is 0.417. The van der Waals surface area contributed by atoms with Gasteiger partial charge in [0.25, 0.3) is 5.91 Å². The number of methoxy groups -OCH3 is 1. The average Bonchev–Trinajstić information content (AvgIpc) is 2.28. The Labute approximate surface area is 101 Å². The number of hydrogen-bond donors (Lipinski definition) is 1. The van der Waals surface area contributed by atoms with Crippen LogP contribution in [0.15, 0.2) is 18.2 Å². The van der Waals surface area contributed by atoms with E-state index in [1.165, 1.54) is 4.90 Å². The minimum atomic E-state index is -0.114. The van der Waals surface area contributed by atoms with Crippen LogP contribution in [0.1, 0.15) is 10.4 Å². The minimum Gasteiger partial charge on any atom is -0.490 e. The Bertz CT molecular complexity index is 391. The van der Waals surface area contributed by atoms with Crippen LogP contribution in [0.4, 0.5) is 5.69 Å². The third-order valence-corrected chi connectivity index (χ3v) is 2.19. The van der Waals surface area contributed by atoms with Crippen LogP contribution in [0, 0.1) is 0 Å². The second-order valence-corrected chi connectivity index (χ2v) is 3.80. The summed E-state index contributed by atoms with van der Waals surface area (Å²) in [5.41, 5.74) is 6.73. The van der Waals surface area contributed by atoms with E-state index in [2.05, 4.69) is 0 Å². The van der Waals surface area contributed by atoms with E-state index in [0.717, 1.165) is 0 Å². The summed E-state index contributed by atoms with van der Waals surface area (Å²) in [5.74, 6) is 0.373. The van der Waals surface area contributed by atoms with Gasteiger partial charge in [-0.1, -0.05) is 0 Å². The number of nitrogen functional groups attached to an aromatic ring is 1. The summed E-state index contributed by atoms with van der Waals surface area (Å²) < 4.78 is 10.4. The normalized spacial score (nSPS) is 10.1. The van der Waals surface area contributed by atoms with E-state index in [1.54, 1.807) is 39.4 Å². The molecule has 0 fully saturated rings. The quantitative estimate of drug-likeness (QED) is 0.614. The molecule has 0 saturated carbocycles. The van der Waals surface area contributed by atoms with Gasteiger partial charge in [-0.15, -0.1) is 0 Å². The number of amides is 1. The van der Waals surface area contributed by atoms with Crippen molar-refractivity contribution in [1.29, 1.82) is 0 Å². The molecule has 1 amide bonds. The first kappa shape index (κ1) is 13.3. The number of rotatable bonds is 5. The summed E-state index contributed by atoms with van der Waals surface area (Å²) in [4.78, 5) is 13.4. The summed E-state index contributed by atoms with van der Waals surface area (Å²) in [6.45, 7) is 0.845. The molecule has 0 unspecified atom stereocenters. The highest BCUT2D eigenvalue weighted by atomic mass is 16.5. The molecule has 2 N–H and O–H groups in total. The molecule has 5 nitrogen and oxygen atoms in total. The number of nitrogens with two attached hydrogens (primary N) is 1. The monoisotopic (exact) mass is 238 g/mol. The van der Waals surface area contributed by atoms with Gasteiger partial charge in [-0.05, 0) is 12.1 Å². The Balaban J connectivity index is 2.91. The van der Waals surface area contributed by atoms with E-state index in [9.17, 15) is 4.79 Å². The summed E-state index contributed by atoms with van der Waals surface area (Å²) in [7, 11) is 4.98. The molecule has 0 heterocycles. The van der Waals surface area contributed by atoms with Crippen LogP contribution < -0.4 is 10.5 Å². The van der Waals surface area contributed by atoms with Crippen LogP contribution in [-0.2, 0) is 4.74 Å². The first-order valence-electron chi connectivity index (χ1n) is 5.29. The van der Waals surface area contributed by atoms with Crippen molar-refractivity contribution in [3.63, 3.8) is 0 Å². The maximum Gasteiger partial charge on any atom is 0.257 e. The maximum absolute atomic E-state index is 11.9. The van der Waals surface area contributed by atoms with Gasteiger partial charge in [0.05, 0.1) is 12.2 Å². The fourth-order valence-electron chi connectivity index (χ4n) is 1.31. The van der Waals surface area contributed by atoms with Gasteiger partial charge in [0.1, 0.15) is 12.4 Å². The van der Waals surface area contributed by atoms with Crippen LogP contribution >= 0.6 is 0 Å². The second kappa shape index (κ2) is 6.10. The third-order valence-electron chi connectivity index (χ3n) is 2.19. The van der Waals surface area contributed by atoms with Crippen molar-refractivity contribution in [2.24, 2.45) is 0 Å². The van der Waals surface area contributed by atoms with E-state index < -0.39 is 0 Å². The molecular formula is C12H18N2O3. The van der Waals surface area contributed by atoms with E-state index in [4.69, 9.17) is 15.2 Å². The number of hydrogen-bond acceptors (Lipinski definition) is 4. The molecule has 0 radical (unpaired) electrons. The number of ether oxygens (including phenoxy) is 2. The molecule has 1 aromatic rings. The van der Waals surface area contributed by atoms with Crippen LogP contribution in [0.25, 0.3) is 0 Å². The molecule has 0 aromatic heterocycles. The number of carbonyl (C=O) groups excluding carboxylic acids is 1. The summed E-state index contributed by atoms with van der Waals surface area (Å²) in [6.07, 6.45) is 0. The molecule has 0 aliphatic carbocycles. The molecule has 5 heteroatoms. The average molecular weight is 238 g/mol. The minimum absolute atomic E-state index is 0.114. The first-order valence-corrected chi connectivity index (χ1v) is 5.29. The van der Waals surface area contributed by atoms with Gasteiger partial charge < -0.3 is 20.1 Å². The van der Waals surface area contributed by atoms with Crippen LogP contribution in [0.2, 0.25) is 0 Å². The Morgan fingerprint density at radius 2 is 2.06 bits per heavy atom. The highest BCUT2D eigenvalue weighted by Crippen LogP contribution is 2.22. The van der Waals surface area contributed by atoms with Gasteiger partial charge >= 0.3 is 0 Å². The predicted octanol–water partition coefficient (Wildman–Crippen LogP) is 0.996. The standard InChI is InChI=1S/C12H18N2O3/c1-14(2)12(15)10-5-4-9(13)8-11(10)17-7-6-16-3/h4-5,8H,6-7,13H2,1-3H3. The van der Waals surface area contributed by atoms with Crippen molar-refractivity contribution in [3.05, 3.63) is 23.8 Å². The number of nitrogens with zero attached hydrogens (tertiary/aromatic N) is 1. The van der Waals surface area contributed by atoms with Crippen molar-refractivity contribution >= 4 is 11.6 Å². The zero-order chi connectivity index (χ0) is 12.8. The molecule has 17 heavy (non-hydrogen) atoms. The zero-order valence-corrected chi connectivity index (χ0v) is 10.4. The Hall–Kier alpha value is -1.75. The highest BCUT2D eigenvalue weighted by Gasteiger charge is 2.14. The summed E-state index contributed by atoms with van der Waals surface area (Å²) >= 11 is 0. The molecule has 1 aromatic carbocycles. The summed E-state index contributed by atoms with van der Waals surface area (Å²) in [6, 6.07) is 4.99. The first-order chi connectivity index (χ1) is 8.06. The zero-order valence-electron chi connectivity index (χ0n) is 10.4. The Morgan fingerprint density at radius 1 is 1.35 bits per heavy atom. The molecular weight excluding hydrogens is 220 g/mol. The van der Waals surface area contributed by atoms with Gasteiger partial charge in [-0.25, -0.2) is 0 Å². The van der Waals surface area contributed by atoms with Crippen molar-refractivity contribution < 1.29 is 14.3 Å². The molecule has 94 valence electrons. The molecule has 0 bridgehead atoms. The third kappa shape index (κ3) is 3.64. The topological polar surface area (TPSA) is 64.8 Å². The second-order valence-electron chi connectivity index (χ2n) is 3.80. The largest absolute Gasteiger partial charge is 0.490 e. The van der Waals surface area contributed by atoms with Gasteiger partial charge in [-0.2, -0.15) is 0 Å². The highest BCUT2D eigenvalue weighted by molar-refractivity contribution is 5.97. The van der Waals surface area contributed by atoms with Crippen molar-refractivity contribution in [3.8, 4) is 5.75 Å². The Morgan fingerprint density at radius 3 is 2.65 bits per heavy atom. The summed E-state index contributed by atoms with van der Waals surface area (Å²) in [5, 5.41) is 0. The van der Waals surface area contributed by atoms with Gasteiger partial charge in [0.15, 0.2) is 0 Å². The van der Waals surface area contributed by atoms with Gasteiger partial charge in [-0.3, -0.25) is 4.79 Å². The van der Waals surface area contributed by atoms with E-state index >= 15 is 0 Å². The van der Waals surface area contributed by atoms with Gasteiger partial charge in [0, 0.05) is 33.0 Å². The molecule has 0 atom stereocenters. The van der Waals surface area contributed by atoms with Crippen molar-refractivity contribution in [2.45, 2.75) is 0 Å². The van der Waals surface area contributed by atoms with Crippen molar-refractivity contribution in [2.75, 3.05) is 40.2 Å². The lowest BCUT2D eigenvalue weighted by Crippen LogP contribution is -2.22. The maximum atomic E-state index is 11.9. The van der Waals surface area contributed by atoms with Crippen LogP contribution in [0.5, 0.6) is 5.75 Å². The smallest absolute Gasteiger partial charge is 0.257 e. The van der Waals surface area contributed by atoms with Gasteiger partial charge in [0.2, 0.25) is 0 Å². The molecule has 1 rings (SSSR count). The number of benzene rings is 1. The molecule has 0 aliphatic rings. The van der Waals surface area contributed by atoms with E-state index in [0.29, 0.717) is 30.2 Å². The molecule has 0 aliphatic heterocycles. The lowest BCUT2D eigenvalue weighted by atomic mass is 10.1. The number of carbonyl (C=O) groups is 1. The Kier molecular flexibility index (Phi) is 4.78. The van der Waals surface area contributed by atoms with Crippen LogP contribution in [-0.4, -0.2) is 45.2 Å². The number of anilines is 1. The molecule has 0 spiro atoms. The molecule has 0 saturated heterocycles.